The molecule has 3 aliphatic heterocycles. The van der Waals surface area contributed by atoms with Crippen LogP contribution in [0.3, 0.4) is 0 Å². The van der Waals surface area contributed by atoms with Gasteiger partial charge >= 0.3 is 0 Å². The number of likely N-dealkylation sites (tertiary alicyclic amines) is 1. The summed E-state index contributed by atoms with van der Waals surface area (Å²) in [5.74, 6) is -1.64. The number of aryl methyl sites for hydroxylation is 1. The smallest absolute Gasteiger partial charge is 0.251 e. The van der Waals surface area contributed by atoms with Crippen LogP contribution < -0.4 is 4.90 Å². The molecule has 1 N–H and O–H groups in total. The molecule has 2 bridgehead atoms. The molecule has 3 heterocycles. The first-order chi connectivity index (χ1) is 18.7. The highest BCUT2D eigenvalue weighted by molar-refractivity contribution is 9.09. The maximum absolute atomic E-state index is 14.6. The molecule has 6 atom stereocenters. The van der Waals surface area contributed by atoms with E-state index < -0.39 is 22.6 Å². The molecule has 7 nitrogen and oxygen atoms in total. The Morgan fingerprint density at radius 2 is 2.00 bits per heavy atom. The van der Waals surface area contributed by atoms with Gasteiger partial charge in [0.25, 0.3) is 5.91 Å². The van der Waals surface area contributed by atoms with Crippen molar-refractivity contribution in [2.75, 3.05) is 37.7 Å². The summed E-state index contributed by atoms with van der Waals surface area (Å²) in [6.07, 6.45) is 5.09. The maximum atomic E-state index is 14.6. The minimum absolute atomic E-state index is 0.0179. The van der Waals surface area contributed by atoms with Gasteiger partial charge in [-0.3, -0.25) is 14.4 Å². The number of hydrogen-bond acceptors (Lipinski definition) is 5. The van der Waals surface area contributed by atoms with Gasteiger partial charge in [-0.1, -0.05) is 58.7 Å². The van der Waals surface area contributed by atoms with Crippen LogP contribution in [0.4, 0.5) is 5.69 Å². The molecule has 3 aliphatic rings. The lowest BCUT2D eigenvalue weighted by Gasteiger charge is -2.38. The molecule has 0 saturated carbocycles. The molecular weight excluding hydrogens is 602 g/mol. The average Bonchev–Trinajstić information content (AvgIpc) is 3.49. The molecule has 3 unspecified atom stereocenters. The minimum atomic E-state index is -0.802. The number of carbonyl (C=O) groups is 3. The van der Waals surface area contributed by atoms with E-state index in [1.165, 1.54) is 0 Å². The van der Waals surface area contributed by atoms with Crippen LogP contribution >= 0.6 is 39.3 Å². The summed E-state index contributed by atoms with van der Waals surface area (Å²) in [6.45, 7) is 12.9. The number of amides is 3. The zero-order valence-corrected chi connectivity index (χ0v) is 25.7. The van der Waals surface area contributed by atoms with Gasteiger partial charge in [-0.2, -0.15) is 0 Å². The number of nitrogens with zero attached hydrogens (tertiary/aromatic N) is 3. The van der Waals surface area contributed by atoms with Crippen LogP contribution in [0.1, 0.15) is 31.7 Å². The fourth-order valence-corrected chi connectivity index (χ4v) is 10.6. The summed E-state index contributed by atoms with van der Waals surface area (Å²) in [5.41, 5.74) is 1.44. The SMILES string of the molecule is C=CCN(CCC)C(=O)[C@H]1[C@H]2C(=O)N(CCCO)C(C(=O)N(CC=C)c3c(C)cccc3Cl)C23CC(Br)[C@@H]1S3. The number of aliphatic hydroxyl groups is 1. The number of fused-ring (bicyclic) bond motifs is 1. The maximum Gasteiger partial charge on any atom is 0.251 e. The van der Waals surface area contributed by atoms with E-state index in [1.807, 2.05) is 26.0 Å². The molecule has 0 aliphatic carbocycles. The number of benzene rings is 1. The highest BCUT2D eigenvalue weighted by Gasteiger charge is 2.76. The van der Waals surface area contributed by atoms with Crippen molar-refractivity contribution in [1.82, 2.24) is 9.80 Å². The monoisotopic (exact) mass is 637 g/mol. The number of halogens is 2. The van der Waals surface area contributed by atoms with Crippen molar-refractivity contribution in [3.63, 3.8) is 0 Å². The molecule has 0 aromatic heterocycles. The van der Waals surface area contributed by atoms with E-state index in [-0.39, 0.29) is 47.5 Å². The van der Waals surface area contributed by atoms with Gasteiger partial charge in [0, 0.05) is 42.9 Å². The summed E-state index contributed by atoms with van der Waals surface area (Å²) in [6, 6.07) is 4.68. The lowest BCUT2D eigenvalue weighted by molar-refractivity contribution is -0.143. The first kappa shape index (κ1) is 30.2. The average molecular weight is 639 g/mol. The van der Waals surface area contributed by atoms with Gasteiger partial charge in [-0.25, -0.2) is 0 Å². The Balaban J connectivity index is 1.81. The Kier molecular flexibility index (Phi) is 9.56. The number of thioether (sulfide) groups is 1. The Hall–Kier alpha value is -1.81. The van der Waals surface area contributed by atoms with E-state index >= 15 is 0 Å². The molecule has 10 heteroatoms. The normalized spacial score (nSPS) is 28.9. The molecule has 0 radical (unpaired) electrons. The van der Waals surface area contributed by atoms with Crippen LogP contribution in [-0.2, 0) is 14.4 Å². The van der Waals surface area contributed by atoms with Gasteiger partial charge < -0.3 is 19.8 Å². The predicted octanol–water partition coefficient (Wildman–Crippen LogP) is 4.44. The highest BCUT2D eigenvalue weighted by Crippen LogP contribution is 2.68. The summed E-state index contributed by atoms with van der Waals surface area (Å²) >= 11 is 12.1. The predicted molar refractivity (Wildman–Crippen MR) is 161 cm³/mol. The van der Waals surface area contributed by atoms with Crippen molar-refractivity contribution in [3.8, 4) is 0 Å². The topological polar surface area (TPSA) is 81.2 Å². The quantitative estimate of drug-likeness (QED) is 0.271. The molecule has 3 saturated heterocycles. The fraction of sp³-hybridized carbons (Fsp3) is 0.552. The Morgan fingerprint density at radius 1 is 1.28 bits per heavy atom. The second-order valence-electron chi connectivity index (χ2n) is 10.5. The Labute approximate surface area is 248 Å². The van der Waals surface area contributed by atoms with Gasteiger partial charge in [0.2, 0.25) is 11.8 Å². The molecule has 3 fully saturated rings. The van der Waals surface area contributed by atoms with Crippen molar-refractivity contribution in [1.29, 1.82) is 0 Å². The van der Waals surface area contributed by atoms with E-state index in [0.29, 0.717) is 36.6 Å². The number of carbonyl (C=O) groups excluding carboxylic acids is 3. The van der Waals surface area contributed by atoms with Crippen molar-refractivity contribution in [2.24, 2.45) is 11.8 Å². The molecule has 1 spiro atoms. The van der Waals surface area contributed by atoms with Gasteiger partial charge in [0.15, 0.2) is 0 Å². The summed E-state index contributed by atoms with van der Waals surface area (Å²) in [7, 11) is 0. The van der Waals surface area contributed by atoms with Gasteiger partial charge in [-0.15, -0.1) is 24.9 Å². The third-order valence-corrected chi connectivity index (χ3v) is 11.6. The third kappa shape index (κ3) is 5.09. The lowest BCUT2D eigenvalue weighted by atomic mass is 9.70. The molecule has 4 rings (SSSR count). The summed E-state index contributed by atoms with van der Waals surface area (Å²) in [5, 5.41) is 9.96. The lowest BCUT2D eigenvalue weighted by Crippen LogP contribution is -2.56. The van der Waals surface area contributed by atoms with Crippen molar-refractivity contribution < 1.29 is 19.5 Å². The number of anilines is 1. The molecule has 1 aromatic carbocycles. The molecule has 39 heavy (non-hydrogen) atoms. The number of hydrogen-bond donors (Lipinski definition) is 1. The minimum Gasteiger partial charge on any atom is -0.396 e. The zero-order valence-electron chi connectivity index (χ0n) is 22.5. The van der Waals surface area contributed by atoms with Crippen LogP contribution in [0.5, 0.6) is 0 Å². The first-order valence-electron chi connectivity index (χ1n) is 13.5. The second-order valence-corrected chi connectivity index (χ2v) is 13.6. The number of aliphatic hydroxyl groups excluding tert-OH is 1. The molecular formula is C29H37BrClN3O4S. The highest BCUT2D eigenvalue weighted by atomic mass is 79.9. The molecule has 1 aromatic rings. The summed E-state index contributed by atoms with van der Waals surface area (Å²) in [4.78, 5) is 47.9. The fourth-order valence-electron chi connectivity index (χ4n) is 6.63. The van der Waals surface area contributed by atoms with E-state index in [1.54, 1.807) is 44.7 Å². The van der Waals surface area contributed by atoms with Crippen molar-refractivity contribution >= 4 is 62.7 Å². The van der Waals surface area contributed by atoms with Crippen molar-refractivity contribution in [3.05, 3.63) is 54.1 Å². The van der Waals surface area contributed by atoms with E-state index in [0.717, 1.165) is 12.0 Å². The van der Waals surface area contributed by atoms with E-state index in [2.05, 4.69) is 29.1 Å². The Bertz CT molecular complexity index is 1130. The largest absolute Gasteiger partial charge is 0.396 e. The van der Waals surface area contributed by atoms with Gasteiger partial charge in [0.1, 0.15) is 6.04 Å². The Morgan fingerprint density at radius 3 is 2.62 bits per heavy atom. The van der Waals surface area contributed by atoms with Crippen LogP contribution in [0, 0.1) is 18.8 Å². The number of rotatable bonds is 12. The van der Waals surface area contributed by atoms with Crippen LogP contribution in [0.2, 0.25) is 5.02 Å². The van der Waals surface area contributed by atoms with Crippen LogP contribution in [0.15, 0.2) is 43.5 Å². The van der Waals surface area contributed by atoms with E-state index in [9.17, 15) is 19.5 Å². The van der Waals surface area contributed by atoms with Crippen molar-refractivity contribution in [2.45, 2.75) is 54.0 Å². The number of alkyl halides is 1. The molecule has 3 amide bonds. The van der Waals surface area contributed by atoms with Crippen LogP contribution in [-0.4, -0.2) is 86.3 Å². The van der Waals surface area contributed by atoms with Gasteiger partial charge in [-0.05, 0) is 37.8 Å². The summed E-state index contributed by atoms with van der Waals surface area (Å²) < 4.78 is -0.774. The first-order valence-corrected chi connectivity index (χ1v) is 15.7. The second kappa shape index (κ2) is 12.4. The van der Waals surface area contributed by atoms with E-state index in [4.69, 9.17) is 11.6 Å². The standard InChI is InChI=1S/C29H37BrClN3O4S/c1-5-12-32(13-6-2)26(36)21-22-27(37)34(15-9-16-35)25(29(22)17-19(30)24(21)39-29)28(38)33(14-7-3)23-18(4)10-8-11-20(23)31/h5,7-8,10-11,19,21-22,24-25,35H,1,3,6,9,12-17H2,2,4H3/t19?,21-,22-,24-,25?,29?/m0/s1. The van der Waals surface area contributed by atoms with Crippen LogP contribution in [0.25, 0.3) is 0 Å². The number of para-hydroxylation sites is 1. The zero-order chi connectivity index (χ0) is 28.5. The van der Waals surface area contributed by atoms with Gasteiger partial charge in [0.05, 0.1) is 27.3 Å². The third-order valence-electron chi connectivity index (χ3n) is 8.06. The molecule has 212 valence electrons.